The van der Waals surface area contributed by atoms with E-state index < -0.39 is 0 Å². The van der Waals surface area contributed by atoms with Gasteiger partial charge < -0.3 is 9.80 Å². The molecule has 0 bridgehead atoms. The highest BCUT2D eigenvalue weighted by Crippen LogP contribution is 2.26. The minimum atomic E-state index is 0.0694. The van der Waals surface area contributed by atoms with Crippen molar-refractivity contribution in [2.24, 2.45) is 0 Å². The van der Waals surface area contributed by atoms with Crippen molar-refractivity contribution in [2.45, 2.75) is 57.9 Å². The van der Waals surface area contributed by atoms with Gasteiger partial charge in [-0.3, -0.25) is 14.5 Å². The molecule has 2 aliphatic heterocycles. The maximum absolute atomic E-state index is 13.7. The second kappa shape index (κ2) is 13.7. The highest BCUT2D eigenvalue weighted by molar-refractivity contribution is 5.96. The Morgan fingerprint density at radius 1 is 0.725 bits per heavy atom. The third-order valence-corrected chi connectivity index (χ3v) is 8.39. The molecule has 0 aliphatic carbocycles. The average molecular weight is 539 g/mol. The summed E-state index contributed by atoms with van der Waals surface area (Å²) in [5.74, 6) is 0.395. The van der Waals surface area contributed by atoms with Crippen molar-refractivity contribution in [1.82, 2.24) is 19.7 Å². The number of hydrogen-bond donors (Lipinski definition) is 0. The second-order valence-electron chi connectivity index (χ2n) is 11.1. The number of nitrogens with zero attached hydrogens (tertiary/aromatic N) is 4. The number of carbonyl (C=O) groups excluding carboxylic acids is 2. The number of likely N-dealkylation sites (tertiary alicyclic amines) is 1. The Labute approximate surface area is 239 Å². The van der Waals surface area contributed by atoms with E-state index in [-0.39, 0.29) is 5.91 Å². The maximum Gasteiger partial charge on any atom is 0.254 e. The predicted molar refractivity (Wildman–Crippen MR) is 161 cm³/mol. The van der Waals surface area contributed by atoms with Gasteiger partial charge in [0.15, 0.2) is 0 Å². The molecule has 0 spiro atoms. The molecular weight excluding hydrogens is 496 g/mol. The number of rotatable bonds is 9. The summed E-state index contributed by atoms with van der Waals surface area (Å²) in [4.78, 5) is 37.8. The first kappa shape index (κ1) is 28.0. The number of hydrogen-bond acceptors (Lipinski definition) is 4. The smallest absolute Gasteiger partial charge is 0.254 e. The fourth-order valence-electron chi connectivity index (χ4n) is 5.98. The van der Waals surface area contributed by atoms with Gasteiger partial charge in [-0.15, -0.1) is 0 Å². The van der Waals surface area contributed by atoms with Crippen molar-refractivity contribution >= 4 is 11.8 Å². The predicted octanol–water partition coefficient (Wildman–Crippen LogP) is 6.13. The van der Waals surface area contributed by atoms with Gasteiger partial charge in [0, 0.05) is 68.4 Å². The molecule has 0 saturated carbocycles. The highest BCUT2D eigenvalue weighted by atomic mass is 16.2. The van der Waals surface area contributed by atoms with E-state index in [2.05, 4.69) is 16.7 Å². The summed E-state index contributed by atoms with van der Waals surface area (Å²) in [6.45, 7) is 7.12. The first-order valence-corrected chi connectivity index (χ1v) is 15.1. The monoisotopic (exact) mass is 538 g/mol. The maximum atomic E-state index is 13.7. The molecule has 210 valence electrons. The number of carbonyl (C=O) groups is 2. The van der Waals surface area contributed by atoms with Gasteiger partial charge in [-0.25, -0.2) is 4.98 Å². The Bertz CT molecular complexity index is 1190. The van der Waals surface area contributed by atoms with Crippen molar-refractivity contribution < 1.29 is 9.59 Å². The molecule has 2 aromatic carbocycles. The zero-order chi connectivity index (χ0) is 27.7. The van der Waals surface area contributed by atoms with Crippen LogP contribution in [0, 0.1) is 0 Å². The van der Waals surface area contributed by atoms with Gasteiger partial charge in [-0.1, -0.05) is 86.8 Å². The minimum Gasteiger partial charge on any atom is -0.343 e. The fraction of sp³-hybridized carbons (Fsp3) is 0.441. The Morgan fingerprint density at radius 2 is 1.30 bits per heavy atom. The third-order valence-electron chi connectivity index (χ3n) is 8.39. The Balaban J connectivity index is 1.19. The summed E-state index contributed by atoms with van der Waals surface area (Å²) >= 11 is 0. The second-order valence-corrected chi connectivity index (χ2v) is 11.1. The van der Waals surface area contributed by atoms with Crippen molar-refractivity contribution in [2.75, 3.05) is 39.3 Å². The van der Waals surface area contributed by atoms with Crippen LogP contribution < -0.4 is 0 Å². The largest absolute Gasteiger partial charge is 0.343 e. The molecule has 2 amide bonds. The molecular formula is C34H42N4O2. The first-order chi connectivity index (χ1) is 19.6. The van der Waals surface area contributed by atoms with E-state index in [1.54, 1.807) is 0 Å². The van der Waals surface area contributed by atoms with Crippen LogP contribution in [0.1, 0.15) is 62.2 Å². The van der Waals surface area contributed by atoms with Crippen LogP contribution >= 0.6 is 0 Å². The third kappa shape index (κ3) is 6.97. The van der Waals surface area contributed by atoms with Crippen LogP contribution in [-0.2, 0) is 4.79 Å². The number of piperazine rings is 1. The lowest BCUT2D eigenvalue weighted by Gasteiger charge is -2.42. The molecule has 0 radical (unpaired) electrons. The molecule has 6 nitrogen and oxygen atoms in total. The molecule has 2 aliphatic rings. The van der Waals surface area contributed by atoms with E-state index in [1.165, 1.54) is 12.8 Å². The number of aromatic nitrogens is 1. The van der Waals surface area contributed by atoms with Crippen LogP contribution in [0.3, 0.4) is 0 Å². The molecule has 40 heavy (non-hydrogen) atoms. The number of piperidine rings is 1. The van der Waals surface area contributed by atoms with Crippen LogP contribution in [0.25, 0.3) is 22.5 Å². The van der Waals surface area contributed by atoms with Crippen molar-refractivity contribution in [1.29, 1.82) is 0 Å². The quantitative estimate of drug-likeness (QED) is 0.307. The molecule has 0 atom stereocenters. The Morgan fingerprint density at radius 3 is 1.85 bits per heavy atom. The van der Waals surface area contributed by atoms with Crippen LogP contribution in [-0.4, -0.2) is 76.8 Å². The lowest BCUT2D eigenvalue weighted by atomic mass is 10.0. The summed E-state index contributed by atoms with van der Waals surface area (Å²) in [5, 5.41) is 0. The number of amides is 2. The zero-order valence-corrected chi connectivity index (χ0v) is 23.8. The average Bonchev–Trinajstić information content (AvgIpc) is 3.03. The van der Waals surface area contributed by atoms with E-state index in [9.17, 15) is 9.59 Å². The molecule has 1 aromatic heterocycles. The van der Waals surface area contributed by atoms with Crippen molar-refractivity contribution in [3.63, 3.8) is 0 Å². The van der Waals surface area contributed by atoms with E-state index in [0.29, 0.717) is 23.9 Å². The summed E-state index contributed by atoms with van der Waals surface area (Å²) in [5.41, 5.74) is 4.33. The first-order valence-electron chi connectivity index (χ1n) is 15.1. The number of unbranched alkanes of at least 4 members (excludes halogenated alkanes) is 3. The fourth-order valence-corrected chi connectivity index (χ4v) is 5.98. The summed E-state index contributed by atoms with van der Waals surface area (Å²) in [6, 6.07) is 24.5. The van der Waals surface area contributed by atoms with E-state index in [0.717, 1.165) is 87.5 Å². The SMILES string of the molecule is CCCCCCC(=O)N1CCC(N2CCN(C(=O)c3cc(-c4ccccc4)nc(-c4ccccc4)c3)CC2)CC1. The van der Waals surface area contributed by atoms with Crippen molar-refractivity contribution in [3.8, 4) is 22.5 Å². The standard InChI is InChI=1S/C34H42N4O2/c1-2-3-4-11-16-33(39)37-19-17-30(18-20-37)36-21-23-38(24-22-36)34(40)29-25-31(27-12-7-5-8-13-27)35-32(26-29)28-14-9-6-10-15-28/h5-10,12-15,25-26,30H,2-4,11,16-24H2,1H3. The lowest BCUT2D eigenvalue weighted by molar-refractivity contribution is -0.133. The van der Waals surface area contributed by atoms with Crippen LogP contribution in [0.4, 0.5) is 0 Å². The van der Waals surface area contributed by atoms with Gasteiger partial charge in [-0.05, 0) is 31.4 Å². The van der Waals surface area contributed by atoms with Gasteiger partial charge in [0.25, 0.3) is 5.91 Å². The normalized spacial score (nSPS) is 16.7. The van der Waals surface area contributed by atoms with E-state index >= 15 is 0 Å². The molecule has 0 N–H and O–H groups in total. The number of benzene rings is 2. The van der Waals surface area contributed by atoms with E-state index in [4.69, 9.17) is 4.98 Å². The van der Waals surface area contributed by atoms with Crippen LogP contribution in [0.5, 0.6) is 0 Å². The molecule has 3 heterocycles. The molecule has 3 aromatic rings. The molecule has 2 saturated heterocycles. The van der Waals surface area contributed by atoms with Gasteiger partial charge in [0.1, 0.15) is 0 Å². The van der Waals surface area contributed by atoms with E-state index in [1.807, 2.05) is 77.7 Å². The Kier molecular flexibility index (Phi) is 9.61. The van der Waals surface area contributed by atoms with Gasteiger partial charge in [0.05, 0.1) is 11.4 Å². The molecule has 6 heteroatoms. The molecule has 5 rings (SSSR count). The van der Waals surface area contributed by atoms with Gasteiger partial charge in [-0.2, -0.15) is 0 Å². The lowest BCUT2D eigenvalue weighted by Crippen LogP contribution is -2.54. The molecule has 2 fully saturated rings. The summed E-state index contributed by atoms with van der Waals surface area (Å²) in [6.07, 6.45) is 7.33. The Hall–Kier alpha value is -3.51. The minimum absolute atomic E-state index is 0.0694. The zero-order valence-electron chi connectivity index (χ0n) is 23.8. The summed E-state index contributed by atoms with van der Waals surface area (Å²) < 4.78 is 0. The van der Waals surface area contributed by atoms with Gasteiger partial charge in [0.2, 0.25) is 5.91 Å². The number of pyridine rings is 1. The van der Waals surface area contributed by atoms with Crippen molar-refractivity contribution in [3.05, 3.63) is 78.4 Å². The van der Waals surface area contributed by atoms with Crippen LogP contribution in [0.15, 0.2) is 72.8 Å². The highest BCUT2D eigenvalue weighted by Gasteiger charge is 2.30. The molecule has 0 unspecified atom stereocenters. The van der Waals surface area contributed by atoms with Gasteiger partial charge >= 0.3 is 0 Å². The van der Waals surface area contributed by atoms with Crippen LogP contribution in [0.2, 0.25) is 0 Å². The topological polar surface area (TPSA) is 56.8 Å². The summed E-state index contributed by atoms with van der Waals surface area (Å²) in [7, 11) is 0.